The van der Waals surface area contributed by atoms with Crippen molar-refractivity contribution in [3.63, 3.8) is 0 Å². The van der Waals surface area contributed by atoms with E-state index in [4.69, 9.17) is 25.3 Å². The van der Waals surface area contributed by atoms with Gasteiger partial charge in [-0.25, -0.2) is 0 Å². The molecule has 2 fully saturated rings. The van der Waals surface area contributed by atoms with Crippen molar-refractivity contribution in [1.82, 2.24) is 0 Å². The van der Waals surface area contributed by atoms with Gasteiger partial charge in [0.25, 0.3) is 0 Å². The second-order valence-electron chi connectivity index (χ2n) is 7.30. The van der Waals surface area contributed by atoms with Crippen LogP contribution in [0.25, 0.3) is 0 Å². The van der Waals surface area contributed by atoms with Crippen molar-refractivity contribution < 1.29 is 0 Å². The number of fused-ring (bicyclic) bond motifs is 1. The first-order valence-electron chi connectivity index (χ1n) is 7.18. The molecule has 5 unspecified atom stereocenters. The Hall–Kier alpha value is 0.765. The van der Waals surface area contributed by atoms with Crippen LogP contribution in [-0.4, -0.2) is 18.3 Å². The normalized spacial score (nSPS) is 49.7. The highest BCUT2D eigenvalue weighted by molar-refractivity contribution is 7.82. The van der Waals surface area contributed by atoms with E-state index < -0.39 is 0 Å². The lowest BCUT2D eigenvalue weighted by Crippen LogP contribution is -2.52. The topological polar surface area (TPSA) is 0 Å². The molecule has 0 N–H and O–H groups in total. The van der Waals surface area contributed by atoms with Gasteiger partial charge in [-0.15, -0.1) is 0 Å². The Bertz CT molecular complexity index is 292. The molecule has 0 amide bonds. The Kier molecular flexibility index (Phi) is 3.92. The van der Waals surface area contributed by atoms with Crippen LogP contribution < -0.4 is 0 Å². The van der Waals surface area contributed by atoms with Gasteiger partial charge in [-0.2, -0.15) is 25.3 Å². The van der Waals surface area contributed by atoms with E-state index in [1.54, 1.807) is 0 Å². The molecule has 0 bridgehead atoms. The van der Waals surface area contributed by atoms with Crippen molar-refractivity contribution in [3.8, 4) is 0 Å². The maximum Gasteiger partial charge on any atom is 0.102 e. The van der Waals surface area contributed by atoms with E-state index in [1.807, 2.05) is 0 Å². The Morgan fingerprint density at radius 3 is 2.24 bits per heavy atom. The first-order valence-corrected chi connectivity index (χ1v) is 8.21. The zero-order chi connectivity index (χ0) is 12.8. The Morgan fingerprint density at radius 2 is 1.65 bits per heavy atom. The van der Waals surface area contributed by atoms with Gasteiger partial charge in [-0.3, -0.25) is 0 Å². The van der Waals surface area contributed by atoms with Crippen LogP contribution in [0.4, 0.5) is 0 Å². The standard InChI is InChI=1S/C14H27BS2/c1-13(2)6-4-9-5-7-14(3,8-15)12(17)10(9)11(13)16/h9-12,16-17H,4-8,15H2,1-3H3. The summed E-state index contributed by atoms with van der Waals surface area (Å²) in [6, 6.07) is 0. The van der Waals surface area contributed by atoms with Crippen LogP contribution in [0.15, 0.2) is 0 Å². The molecule has 0 aromatic carbocycles. The highest BCUT2D eigenvalue weighted by atomic mass is 32.1. The zero-order valence-corrected chi connectivity index (χ0v) is 13.5. The van der Waals surface area contributed by atoms with E-state index in [9.17, 15) is 0 Å². The van der Waals surface area contributed by atoms with E-state index in [1.165, 1.54) is 32.0 Å². The fraction of sp³-hybridized carbons (Fsp3) is 1.00. The average Bonchev–Trinajstić information content (AvgIpc) is 2.29. The molecule has 17 heavy (non-hydrogen) atoms. The summed E-state index contributed by atoms with van der Waals surface area (Å²) in [5.74, 6) is 1.59. The summed E-state index contributed by atoms with van der Waals surface area (Å²) < 4.78 is 0. The number of hydrogen-bond donors (Lipinski definition) is 2. The minimum atomic E-state index is 0.386. The quantitative estimate of drug-likeness (QED) is 0.529. The van der Waals surface area contributed by atoms with Crippen LogP contribution in [0.1, 0.15) is 46.5 Å². The summed E-state index contributed by atoms with van der Waals surface area (Å²) in [5, 5.41) is 1.06. The van der Waals surface area contributed by atoms with Crippen LogP contribution in [0.5, 0.6) is 0 Å². The van der Waals surface area contributed by atoms with E-state index in [0.29, 0.717) is 27.2 Å². The summed E-state index contributed by atoms with van der Waals surface area (Å²) in [6.07, 6.45) is 6.75. The average molecular weight is 270 g/mol. The molecule has 0 nitrogen and oxygen atoms in total. The van der Waals surface area contributed by atoms with Gasteiger partial charge < -0.3 is 0 Å². The molecular formula is C14H27BS2. The largest absolute Gasteiger partial charge is 0.175 e. The third-order valence-corrected chi connectivity index (χ3v) is 7.85. The Morgan fingerprint density at radius 1 is 1.06 bits per heavy atom. The van der Waals surface area contributed by atoms with E-state index in [0.717, 1.165) is 5.92 Å². The maximum absolute atomic E-state index is 5.03. The van der Waals surface area contributed by atoms with Gasteiger partial charge in [-0.05, 0) is 48.3 Å². The van der Waals surface area contributed by atoms with Gasteiger partial charge in [0.15, 0.2) is 0 Å². The molecular weight excluding hydrogens is 243 g/mol. The van der Waals surface area contributed by atoms with Crippen molar-refractivity contribution in [2.24, 2.45) is 22.7 Å². The summed E-state index contributed by atoms with van der Waals surface area (Å²) in [6.45, 7) is 7.21. The molecule has 5 atom stereocenters. The minimum Gasteiger partial charge on any atom is -0.175 e. The molecule has 2 aliphatic carbocycles. The molecule has 2 rings (SSSR count). The first-order chi connectivity index (χ1) is 7.82. The van der Waals surface area contributed by atoms with Crippen molar-refractivity contribution in [2.45, 2.75) is 63.3 Å². The summed E-state index contributed by atoms with van der Waals surface area (Å²) in [4.78, 5) is 0. The van der Waals surface area contributed by atoms with Crippen LogP contribution in [-0.2, 0) is 0 Å². The lowest BCUT2D eigenvalue weighted by atomic mass is 9.54. The van der Waals surface area contributed by atoms with E-state index in [2.05, 4.69) is 28.6 Å². The maximum atomic E-state index is 5.03. The summed E-state index contributed by atoms with van der Waals surface area (Å²) >= 11 is 10.0. The van der Waals surface area contributed by atoms with Gasteiger partial charge in [0.1, 0.15) is 7.85 Å². The number of rotatable bonds is 1. The van der Waals surface area contributed by atoms with Crippen molar-refractivity contribution in [2.75, 3.05) is 0 Å². The molecule has 98 valence electrons. The first kappa shape index (κ1) is 14.2. The minimum absolute atomic E-state index is 0.386. The SMILES string of the molecule is BCC1(C)CCC2CCC(C)(C)C(S)C2C1S. The molecule has 0 saturated heterocycles. The molecule has 0 spiro atoms. The van der Waals surface area contributed by atoms with Crippen molar-refractivity contribution >= 4 is 33.1 Å². The molecule has 3 heteroatoms. The second-order valence-corrected chi connectivity index (χ2v) is 8.41. The van der Waals surface area contributed by atoms with Crippen LogP contribution in [0.2, 0.25) is 6.32 Å². The van der Waals surface area contributed by atoms with Gasteiger partial charge in [0.05, 0.1) is 0 Å². The molecule has 0 radical (unpaired) electrons. The van der Waals surface area contributed by atoms with Crippen LogP contribution in [0.3, 0.4) is 0 Å². The molecule has 2 aliphatic rings. The second kappa shape index (κ2) is 4.70. The summed E-state index contributed by atoms with van der Waals surface area (Å²) in [7, 11) is 2.32. The van der Waals surface area contributed by atoms with Gasteiger partial charge in [-0.1, -0.05) is 27.1 Å². The fourth-order valence-electron chi connectivity index (χ4n) is 3.96. The third kappa shape index (κ3) is 2.31. The van der Waals surface area contributed by atoms with Crippen molar-refractivity contribution in [3.05, 3.63) is 0 Å². The van der Waals surface area contributed by atoms with Gasteiger partial charge in [0, 0.05) is 10.5 Å². The Balaban J connectivity index is 2.25. The number of thiol groups is 2. The molecule has 2 saturated carbocycles. The summed E-state index contributed by atoms with van der Waals surface area (Å²) in [5.41, 5.74) is 0.815. The molecule has 0 aromatic heterocycles. The molecule has 0 heterocycles. The molecule has 0 aromatic rings. The van der Waals surface area contributed by atoms with E-state index in [-0.39, 0.29) is 0 Å². The van der Waals surface area contributed by atoms with Gasteiger partial charge in [0.2, 0.25) is 0 Å². The highest BCUT2D eigenvalue weighted by Gasteiger charge is 2.51. The monoisotopic (exact) mass is 270 g/mol. The Labute approximate surface area is 119 Å². The molecule has 0 aliphatic heterocycles. The predicted octanol–water partition coefficient (Wildman–Crippen LogP) is 3.49. The zero-order valence-electron chi connectivity index (χ0n) is 11.7. The third-order valence-electron chi connectivity index (χ3n) is 5.84. The van der Waals surface area contributed by atoms with Gasteiger partial charge >= 0.3 is 0 Å². The fourth-order valence-corrected chi connectivity index (χ4v) is 5.37. The van der Waals surface area contributed by atoms with Crippen LogP contribution >= 0.6 is 25.3 Å². The van der Waals surface area contributed by atoms with Crippen molar-refractivity contribution in [1.29, 1.82) is 0 Å². The smallest absolute Gasteiger partial charge is 0.102 e. The highest BCUT2D eigenvalue weighted by Crippen LogP contribution is 2.56. The lowest BCUT2D eigenvalue weighted by Gasteiger charge is -2.55. The van der Waals surface area contributed by atoms with Crippen LogP contribution in [0, 0.1) is 22.7 Å². The lowest BCUT2D eigenvalue weighted by molar-refractivity contribution is 0.0487. The number of hydrogen-bond acceptors (Lipinski definition) is 2. The van der Waals surface area contributed by atoms with E-state index >= 15 is 0 Å². The predicted molar refractivity (Wildman–Crippen MR) is 86.2 cm³/mol.